The Morgan fingerprint density at radius 3 is 2.88 bits per heavy atom. The summed E-state index contributed by atoms with van der Waals surface area (Å²) < 4.78 is 5.90. The zero-order valence-electron chi connectivity index (χ0n) is 9.71. The van der Waals surface area contributed by atoms with Gasteiger partial charge in [0.1, 0.15) is 11.6 Å². The normalized spacial score (nSPS) is 10.8. The number of rotatable bonds is 3. The maximum Gasteiger partial charge on any atom is 0.264 e. The summed E-state index contributed by atoms with van der Waals surface area (Å²) in [4.78, 5) is 19.1. The molecule has 0 saturated heterocycles. The Labute approximate surface area is 113 Å². The van der Waals surface area contributed by atoms with Gasteiger partial charge in [0.15, 0.2) is 0 Å². The van der Waals surface area contributed by atoms with Gasteiger partial charge in [-0.3, -0.25) is 4.79 Å². The van der Waals surface area contributed by atoms with E-state index in [-0.39, 0.29) is 5.56 Å². The Morgan fingerprint density at radius 1 is 1.53 bits per heavy atom. The maximum atomic E-state index is 11.8. The molecule has 0 atom stereocenters. The van der Waals surface area contributed by atoms with Crippen molar-refractivity contribution >= 4 is 22.6 Å². The van der Waals surface area contributed by atoms with E-state index in [9.17, 15) is 4.79 Å². The van der Waals surface area contributed by atoms with Crippen LogP contribution in [-0.4, -0.2) is 9.97 Å². The predicted octanol–water partition coefficient (Wildman–Crippen LogP) is 2.90. The summed E-state index contributed by atoms with van der Waals surface area (Å²) in [7, 11) is 0. The molecule has 0 unspecified atom stereocenters. The van der Waals surface area contributed by atoms with E-state index in [1.54, 1.807) is 6.26 Å². The van der Waals surface area contributed by atoms with Crippen LogP contribution in [0.4, 0.5) is 0 Å². The number of H-pyrrole nitrogens is 1. The molecule has 0 radical (unpaired) electrons. The Hall–Kier alpha value is -1.11. The lowest BCUT2D eigenvalue weighted by molar-refractivity contribution is 0.535. The number of nitrogens with one attached hydrogen (secondary N) is 1. The topological polar surface area (TPSA) is 58.9 Å². The second-order valence-electron chi connectivity index (χ2n) is 3.82. The quantitative estimate of drug-likeness (QED) is 0.871. The minimum Gasteiger partial charge on any atom is -0.469 e. The Kier molecular flexibility index (Phi) is 3.66. The fourth-order valence-corrected chi connectivity index (χ4v) is 2.19. The molecule has 0 aliphatic carbocycles. The summed E-state index contributed by atoms with van der Waals surface area (Å²) in [6, 6.07) is 1.82. The summed E-state index contributed by atoms with van der Waals surface area (Å²) in [5.74, 6) is 1.35. The molecule has 2 heterocycles. The summed E-state index contributed by atoms with van der Waals surface area (Å²) in [5.41, 5.74) is 1.61. The molecule has 2 aromatic rings. The van der Waals surface area contributed by atoms with Gasteiger partial charge in [0.05, 0.1) is 21.1 Å². The van der Waals surface area contributed by atoms with Crippen LogP contribution >= 0.6 is 22.6 Å². The molecule has 17 heavy (non-hydrogen) atoms. The number of nitrogens with zero attached hydrogens (tertiary/aromatic N) is 1. The summed E-state index contributed by atoms with van der Waals surface area (Å²) in [6.45, 7) is 3.93. The van der Waals surface area contributed by atoms with Crippen molar-refractivity contribution in [3.8, 4) is 11.4 Å². The number of aromatic nitrogens is 2. The largest absolute Gasteiger partial charge is 0.469 e. The molecular formula is C12H13IN2O2. The third-order valence-corrected chi connectivity index (χ3v) is 3.64. The van der Waals surface area contributed by atoms with Gasteiger partial charge in [0.2, 0.25) is 0 Å². The van der Waals surface area contributed by atoms with Crippen LogP contribution < -0.4 is 5.56 Å². The molecular weight excluding hydrogens is 331 g/mol. The first kappa shape index (κ1) is 12.3. The van der Waals surface area contributed by atoms with Crippen molar-refractivity contribution in [2.75, 3.05) is 0 Å². The predicted molar refractivity (Wildman–Crippen MR) is 74.0 cm³/mol. The number of furan rings is 1. The van der Waals surface area contributed by atoms with Crippen LogP contribution in [0.15, 0.2) is 21.5 Å². The molecule has 90 valence electrons. The molecule has 0 fully saturated rings. The number of hydrogen-bond acceptors (Lipinski definition) is 3. The van der Waals surface area contributed by atoms with E-state index in [4.69, 9.17) is 4.42 Å². The molecule has 2 rings (SSSR count). The van der Waals surface area contributed by atoms with Crippen molar-refractivity contribution in [2.24, 2.45) is 0 Å². The lowest BCUT2D eigenvalue weighted by Crippen LogP contribution is -2.16. The zero-order chi connectivity index (χ0) is 12.4. The summed E-state index contributed by atoms with van der Waals surface area (Å²) >= 11 is 2.04. The highest BCUT2D eigenvalue weighted by atomic mass is 127. The van der Waals surface area contributed by atoms with Gasteiger partial charge in [0.25, 0.3) is 5.56 Å². The van der Waals surface area contributed by atoms with Crippen LogP contribution in [0, 0.1) is 10.5 Å². The molecule has 0 spiro atoms. The molecule has 0 saturated carbocycles. The number of halogens is 1. The highest BCUT2D eigenvalue weighted by molar-refractivity contribution is 14.1. The van der Waals surface area contributed by atoms with Crippen molar-refractivity contribution < 1.29 is 4.42 Å². The molecule has 0 aliphatic heterocycles. The Balaban J connectivity index is 2.57. The van der Waals surface area contributed by atoms with Gasteiger partial charge in [-0.05, 0) is 42.0 Å². The van der Waals surface area contributed by atoms with Gasteiger partial charge >= 0.3 is 0 Å². The van der Waals surface area contributed by atoms with Crippen LogP contribution in [0.25, 0.3) is 11.4 Å². The van der Waals surface area contributed by atoms with Gasteiger partial charge < -0.3 is 9.40 Å². The Morgan fingerprint density at radius 2 is 2.29 bits per heavy atom. The van der Waals surface area contributed by atoms with Gasteiger partial charge in [-0.15, -0.1) is 0 Å². The second kappa shape index (κ2) is 5.03. The van der Waals surface area contributed by atoms with E-state index in [0.29, 0.717) is 9.39 Å². The van der Waals surface area contributed by atoms with Crippen LogP contribution in [-0.2, 0) is 6.42 Å². The SMILES string of the molecule is CCCc1nc(-c2ccoc2C)[nH]c(=O)c1I. The number of aromatic amines is 1. The highest BCUT2D eigenvalue weighted by Crippen LogP contribution is 2.21. The average Bonchev–Trinajstić information content (AvgIpc) is 2.71. The van der Waals surface area contributed by atoms with Crippen molar-refractivity contribution in [1.29, 1.82) is 0 Å². The minimum atomic E-state index is -0.0837. The Bertz CT molecular complexity index is 586. The first-order valence-corrected chi connectivity index (χ1v) is 6.54. The first-order chi connectivity index (χ1) is 8.13. The van der Waals surface area contributed by atoms with Crippen LogP contribution in [0.5, 0.6) is 0 Å². The monoisotopic (exact) mass is 344 g/mol. The summed E-state index contributed by atoms with van der Waals surface area (Å²) in [6.07, 6.45) is 3.38. The van der Waals surface area contributed by atoms with Gasteiger partial charge in [-0.1, -0.05) is 13.3 Å². The van der Waals surface area contributed by atoms with Crippen molar-refractivity contribution in [1.82, 2.24) is 9.97 Å². The van der Waals surface area contributed by atoms with Gasteiger partial charge in [-0.2, -0.15) is 0 Å². The first-order valence-electron chi connectivity index (χ1n) is 5.46. The van der Waals surface area contributed by atoms with Crippen molar-refractivity contribution in [3.63, 3.8) is 0 Å². The molecule has 0 aromatic carbocycles. The van der Waals surface area contributed by atoms with Crippen LogP contribution in [0.2, 0.25) is 0 Å². The smallest absolute Gasteiger partial charge is 0.264 e. The average molecular weight is 344 g/mol. The fraction of sp³-hybridized carbons (Fsp3) is 0.333. The van der Waals surface area contributed by atoms with E-state index in [1.807, 2.05) is 35.6 Å². The minimum absolute atomic E-state index is 0.0837. The van der Waals surface area contributed by atoms with Gasteiger partial charge in [-0.25, -0.2) is 4.98 Å². The summed E-state index contributed by atoms with van der Waals surface area (Å²) in [5, 5.41) is 0. The molecule has 2 aromatic heterocycles. The van der Waals surface area contributed by atoms with Crippen molar-refractivity contribution in [2.45, 2.75) is 26.7 Å². The van der Waals surface area contributed by atoms with E-state index in [0.717, 1.165) is 29.9 Å². The number of aryl methyl sites for hydroxylation is 2. The lowest BCUT2D eigenvalue weighted by Gasteiger charge is -2.04. The lowest BCUT2D eigenvalue weighted by atomic mass is 10.2. The molecule has 1 N–H and O–H groups in total. The number of hydrogen-bond donors (Lipinski definition) is 1. The molecule has 0 aliphatic rings. The second-order valence-corrected chi connectivity index (χ2v) is 4.89. The zero-order valence-corrected chi connectivity index (χ0v) is 11.9. The highest BCUT2D eigenvalue weighted by Gasteiger charge is 2.12. The molecule has 5 heteroatoms. The maximum absolute atomic E-state index is 11.8. The third kappa shape index (κ3) is 2.43. The van der Waals surface area contributed by atoms with Crippen LogP contribution in [0.1, 0.15) is 24.8 Å². The molecule has 0 bridgehead atoms. The molecule has 0 amide bonds. The van der Waals surface area contributed by atoms with Crippen LogP contribution in [0.3, 0.4) is 0 Å². The van der Waals surface area contributed by atoms with E-state index >= 15 is 0 Å². The fourth-order valence-electron chi connectivity index (χ4n) is 1.67. The van der Waals surface area contributed by atoms with Crippen molar-refractivity contribution in [3.05, 3.63) is 37.7 Å². The molecule has 4 nitrogen and oxygen atoms in total. The van der Waals surface area contributed by atoms with E-state index in [1.165, 1.54) is 0 Å². The standard InChI is InChI=1S/C12H13IN2O2/c1-3-4-9-10(13)12(16)15-11(14-9)8-5-6-17-7(8)2/h5-6H,3-4H2,1-2H3,(H,14,15,16). The van der Waals surface area contributed by atoms with Gasteiger partial charge in [0, 0.05) is 0 Å². The van der Waals surface area contributed by atoms with E-state index < -0.39 is 0 Å². The third-order valence-electron chi connectivity index (χ3n) is 2.53. The van der Waals surface area contributed by atoms with E-state index in [2.05, 4.69) is 16.9 Å².